The summed E-state index contributed by atoms with van der Waals surface area (Å²) in [6, 6.07) is 10.1. The molecule has 0 radical (unpaired) electrons. The molecule has 0 saturated carbocycles. The van der Waals surface area contributed by atoms with Gasteiger partial charge in [-0.25, -0.2) is 0 Å². The molecule has 0 amide bonds. The zero-order valence-electron chi connectivity index (χ0n) is 11.0. The third kappa shape index (κ3) is 2.14. The Kier molecular flexibility index (Phi) is 2.86. The molecular formula is C16H20O. The first-order valence-electron chi connectivity index (χ1n) is 6.18. The van der Waals surface area contributed by atoms with Crippen molar-refractivity contribution in [2.75, 3.05) is 0 Å². The number of phenols is 1. The fraction of sp³-hybridized carbons (Fsp3) is 0.375. The highest BCUT2D eigenvalue weighted by molar-refractivity contribution is 5.91. The van der Waals surface area contributed by atoms with Crippen LogP contribution in [-0.2, 0) is 11.8 Å². The molecule has 0 saturated heterocycles. The standard InChI is InChI=1S/C16H20O/c1-5-11-7-6-8-12-9-13(17)10-14(15(11)12)16(2,3)4/h6-10,17H,5H2,1-4H3. The molecule has 0 spiro atoms. The highest BCUT2D eigenvalue weighted by Gasteiger charge is 2.19. The van der Waals surface area contributed by atoms with Crippen LogP contribution >= 0.6 is 0 Å². The minimum Gasteiger partial charge on any atom is -0.508 e. The van der Waals surface area contributed by atoms with Crippen LogP contribution in [0.15, 0.2) is 30.3 Å². The molecule has 2 rings (SSSR count). The van der Waals surface area contributed by atoms with E-state index in [2.05, 4.69) is 45.9 Å². The van der Waals surface area contributed by atoms with Crippen LogP contribution in [0.4, 0.5) is 0 Å². The molecule has 0 unspecified atom stereocenters. The molecule has 0 bridgehead atoms. The van der Waals surface area contributed by atoms with Crippen molar-refractivity contribution < 1.29 is 5.11 Å². The van der Waals surface area contributed by atoms with Gasteiger partial charge in [0.1, 0.15) is 5.75 Å². The lowest BCUT2D eigenvalue weighted by Crippen LogP contribution is -2.12. The first-order chi connectivity index (χ1) is 7.93. The summed E-state index contributed by atoms with van der Waals surface area (Å²) in [6.07, 6.45) is 1.02. The van der Waals surface area contributed by atoms with Crippen molar-refractivity contribution in [1.29, 1.82) is 0 Å². The van der Waals surface area contributed by atoms with Crippen LogP contribution < -0.4 is 0 Å². The van der Waals surface area contributed by atoms with Crippen LogP contribution in [0.2, 0.25) is 0 Å². The molecule has 0 aliphatic rings. The van der Waals surface area contributed by atoms with Crippen LogP contribution in [0.3, 0.4) is 0 Å². The van der Waals surface area contributed by atoms with E-state index >= 15 is 0 Å². The maximum atomic E-state index is 9.84. The van der Waals surface area contributed by atoms with Crippen molar-refractivity contribution >= 4 is 10.8 Å². The molecule has 2 aromatic rings. The molecule has 0 atom stereocenters. The Morgan fingerprint density at radius 3 is 2.41 bits per heavy atom. The van der Waals surface area contributed by atoms with E-state index in [-0.39, 0.29) is 5.41 Å². The number of fused-ring (bicyclic) bond motifs is 1. The molecule has 1 heteroatoms. The third-order valence-electron chi connectivity index (χ3n) is 3.24. The van der Waals surface area contributed by atoms with Gasteiger partial charge in [-0.1, -0.05) is 45.9 Å². The number of aromatic hydroxyl groups is 1. The predicted molar refractivity (Wildman–Crippen MR) is 73.7 cm³/mol. The fourth-order valence-corrected chi connectivity index (χ4v) is 2.38. The maximum Gasteiger partial charge on any atom is 0.116 e. The van der Waals surface area contributed by atoms with Crippen molar-refractivity contribution in [3.8, 4) is 5.75 Å². The fourth-order valence-electron chi connectivity index (χ4n) is 2.38. The lowest BCUT2D eigenvalue weighted by atomic mass is 9.82. The quantitative estimate of drug-likeness (QED) is 0.766. The minimum absolute atomic E-state index is 0.0439. The summed E-state index contributed by atoms with van der Waals surface area (Å²) in [5.41, 5.74) is 2.62. The molecule has 1 N–H and O–H groups in total. The van der Waals surface area contributed by atoms with Gasteiger partial charge >= 0.3 is 0 Å². The normalized spacial score (nSPS) is 12.0. The zero-order chi connectivity index (χ0) is 12.6. The highest BCUT2D eigenvalue weighted by Crippen LogP contribution is 2.35. The van der Waals surface area contributed by atoms with Gasteiger partial charge in [-0.05, 0) is 45.9 Å². The lowest BCUT2D eigenvalue weighted by Gasteiger charge is -2.23. The van der Waals surface area contributed by atoms with Gasteiger partial charge in [0.05, 0.1) is 0 Å². The zero-order valence-corrected chi connectivity index (χ0v) is 11.0. The van der Waals surface area contributed by atoms with E-state index in [1.807, 2.05) is 12.1 Å². The first-order valence-corrected chi connectivity index (χ1v) is 6.18. The Morgan fingerprint density at radius 1 is 1.12 bits per heavy atom. The highest BCUT2D eigenvalue weighted by atomic mass is 16.3. The van der Waals surface area contributed by atoms with Crippen molar-refractivity contribution in [1.82, 2.24) is 0 Å². The van der Waals surface area contributed by atoms with E-state index in [1.165, 1.54) is 16.5 Å². The smallest absolute Gasteiger partial charge is 0.116 e. The second-order valence-corrected chi connectivity index (χ2v) is 5.61. The topological polar surface area (TPSA) is 20.2 Å². The largest absolute Gasteiger partial charge is 0.508 e. The molecule has 0 aromatic heterocycles. The number of benzene rings is 2. The lowest BCUT2D eigenvalue weighted by molar-refractivity contribution is 0.472. The van der Waals surface area contributed by atoms with Crippen LogP contribution in [0.25, 0.3) is 10.8 Å². The number of hydrogen-bond acceptors (Lipinski definition) is 1. The summed E-state index contributed by atoms with van der Waals surface area (Å²) < 4.78 is 0. The molecule has 17 heavy (non-hydrogen) atoms. The van der Waals surface area contributed by atoms with E-state index in [0.717, 1.165) is 11.8 Å². The van der Waals surface area contributed by atoms with E-state index in [0.29, 0.717) is 5.75 Å². The minimum atomic E-state index is 0.0439. The van der Waals surface area contributed by atoms with Gasteiger partial charge in [0.2, 0.25) is 0 Å². The molecule has 1 nitrogen and oxygen atoms in total. The number of phenolic OH excluding ortho intramolecular Hbond substituents is 1. The summed E-state index contributed by atoms with van der Waals surface area (Å²) in [6.45, 7) is 8.74. The average Bonchev–Trinajstić information content (AvgIpc) is 2.25. The summed E-state index contributed by atoms with van der Waals surface area (Å²) in [5, 5.41) is 12.3. The molecular weight excluding hydrogens is 208 g/mol. The van der Waals surface area contributed by atoms with Crippen LogP contribution in [-0.4, -0.2) is 5.11 Å². The Hall–Kier alpha value is -1.50. The van der Waals surface area contributed by atoms with Gasteiger partial charge in [-0.2, -0.15) is 0 Å². The Balaban J connectivity index is 2.89. The third-order valence-corrected chi connectivity index (χ3v) is 3.24. The molecule has 2 aromatic carbocycles. The van der Waals surface area contributed by atoms with E-state index in [1.54, 1.807) is 0 Å². The van der Waals surface area contributed by atoms with E-state index in [4.69, 9.17) is 0 Å². The molecule has 0 heterocycles. The monoisotopic (exact) mass is 228 g/mol. The van der Waals surface area contributed by atoms with Crippen LogP contribution in [0, 0.1) is 0 Å². The van der Waals surface area contributed by atoms with Gasteiger partial charge in [-0.15, -0.1) is 0 Å². The summed E-state index contributed by atoms with van der Waals surface area (Å²) in [7, 11) is 0. The maximum absolute atomic E-state index is 9.84. The number of hydrogen-bond donors (Lipinski definition) is 1. The van der Waals surface area contributed by atoms with Crippen molar-refractivity contribution in [2.45, 2.75) is 39.5 Å². The summed E-state index contributed by atoms with van der Waals surface area (Å²) in [5.74, 6) is 0.357. The Morgan fingerprint density at radius 2 is 1.82 bits per heavy atom. The molecule has 0 fully saturated rings. The molecule has 0 aliphatic heterocycles. The van der Waals surface area contributed by atoms with Gasteiger partial charge in [0.25, 0.3) is 0 Å². The van der Waals surface area contributed by atoms with E-state index in [9.17, 15) is 5.11 Å². The Bertz CT molecular complexity index is 547. The van der Waals surface area contributed by atoms with Crippen molar-refractivity contribution in [2.24, 2.45) is 0 Å². The Labute approximate surface area is 103 Å². The summed E-state index contributed by atoms with van der Waals surface area (Å²) >= 11 is 0. The number of aryl methyl sites for hydroxylation is 1. The predicted octanol–water partition coefficient (Wildman–Crippen LogP) is 4.41. The van der Waals surface area contributed by atoms with Gasteiger partial charge in [0, 0.05) is 0 Å². The first kappa shape index (κ1) is 12.0. The van der Waals surface area contributed by atoms with Crippen LogP contribution in [0.5, 0.6) is 5.75 Å². The van der Waals surface area contributed by atoms with Crippen molar-refractivity contribution in [3.05, 3.63) is 41.5 Å². The van der Waals surface area contributed by atoms with Crippen molar-refractivity contribution in [3.63, 3.8) is 0 Å². The summed E-state index contributed by atoms with van der Waals surface area (Å²) in [4.78, 5) is 0. The second kappa shape index (κ2) is 4.06. The van der Waals surface area contributed by atoms with Gasteiger partial charge < -0.3 is 5.11 Å². The second-order valence-electron chi connectivity index (χ2n) is 5.61. The average molecular weight is 228 g/mol. The van der Waals surface area contributed by atoms with Gasteiger partial charge in [-0.3, -0.25) is 0 Å². The van der Waals surface area contributed by atoms with E-state index < -0.39 is 0 Å². The molecule has 90 valence electrons. The van der Waals surface area contributed by atoms with Gasteiger partial charge in [0.15, 0.2) is 0 Å². The molecule has 0 aliphatic carbocycles. The van der Waals surface area contributed by atoms with Crippen LogP contribution in [0.1, 0.15) is 38.8 Å². The number of rotatable bonds is 1. The SMILES string of the molecule is CCc1cccc2cc(O)cc(C(C)(C)C)c12.